The maximum atomic E-state index is 12.8. The van der Waals surface area contributed by atoms with Gasteiger partial charge in [0, 0.05) is 15.6 Å². The Labute approximate surface area is 151 Å². The molecule has 24 heavy (non-hydrogen) atoms. The summed E-state index contributed by atoms with van der Waals surface area (Å²) in [6.45, 7) is 0. The maximum absolute atomic E-state index is 12.8. The van der Waals surface area contributed by atoms with Crippen LogP contribution in [-0.4, -0.2) is 22.8 Å². The van der Waals surface area contributed by atoms with Crippen molar-refractivity contribution in [1.29, 1.82) is 0 Å². The number of fused-ring (bicyclic) bond motifs is 1. The van der Waals surface area contributed by atoms with Gasteiger partial charge < -0.3 is 0 Å². The predicted molar refractivity (Wildman–Crippen MR) is 99.9 cm³/mol. The third-order valence-corrected chi connectivity index (χ3v) is 5.61. The zero-order chi connectivity index (χ0) is 16.7. The Kier molecular flexibility index (Phi) is 3.86. The van der Waals surface area contributed by atoms with Crippen LogP contribution in [0.5, 0.6) is 0 Å². The SMILES string of the molecule is O=C1C2=NC=C(c3ccc(Br)cc3)SC2C(=O)N1c1ccccc1. The molecule has 2 heterocycles. The van der Waals surface area contributed by atoms with Gasteiger partial charge in [0.1, 0.15) is 11.0 Å². The van der Waals surface area contributed by atoms with Crippen molar-refractivity contribution in [2.45, 2.75) is 5.25 Å². The van der Waals surface area contributed by atoms with Gasteiger partial charge in [0.25, 0.3) is 11.8 Å². The van der Waals surface area contributed by atoms with Crippen molar-refractivity contribution in [2.24, 2.45) is 4.99 Å². The lowest BCUT2D eigenvalue weighted by atomic mass is 10.2. The van der Waals surface area contributed by atoms with Crippen molar-refractivity contribution in [3.05, 3.63) is 70.8 Å². The number of carbonyl (C=O) groups is 2. The quantitative estimate of drug-likeness (QED) is 0.721. The van der Waals surface area contributed by atoms with Gasteiger partial charge in [-0.2, -0.15) is 0 Å². The van der Waals surface area contributed by atoms with Crippen molar-refractivity contribution in [2.75, 3.05) is 4.90 Å². The van der Waals surface area contributed by atoms with E-state index in [-0.39, 0.29) is 11.8 Å². The second-order valence-electron chi connectivity index (χ2n) is 5.33. The minimum Gasteiger partial charge on any atom is -0.272 e. The van der Waals surface area contributed by atoms with Gasteiger partial charge in [-0.05, 0) is 29.8 Å². The summed E-state index contributed by atoms with van der Waals surface area (Å²) in [6.07, 6.45) is 1.67. The van der Waals surface area contributed by atoms with Crippen LogP contribution in [0.15, 0.2) is 70.3 Å². The Morgan fingerprint density at radius 3 is 2.42 bits per heavy atom. The molecule has 1 saturated heterocycles. The molecule has 0 radical (unpaired) electrons. The Bertz CT molecular complexity index is 891. The van der Waals surface area contributed by atoms with Crippen LogP contribution in [0.2, 0.25) is 0 Å². The van der Waals surface area contributed by atoms with Gasteiger partial charge in [0.05, 0.1) is 5.69 Å². The van der Waals surface area contributed by atoms with E-state index in [0.29, 0.717) is 11.4 Å². The molecule has 0 spiro atoms. The number of thioether (sulfide) groups is 1. The number of aliphatic imine (C=N–C) groups is 1. The molecule has 2 amide bonds. The molecular formula is C18H11BrN2O2S. The van der Waals surface area contributed by atoms with E-state index >= 15 is 0 Å². The van der Waals surface area contributed by atoms with E-state index in [9.17, 15) is 9.59 Å². The average molecular weight is 399 g/mol. The summed E-state index contributed by atoms with van der Waals surface area (Å²) in [6, 6.07) is 16.8. The van der Waals surface area contributed by atoms with Crippen LogP contribution in [0.4, 0.5) is 5.69 Å². The number of halogens is 1. The zero-order valence-electron chi connectivity index (χ0n) is 12.3. The van der Waals surface area contributed by atoms with Crippen LogP contribution >= 0.6 is 27.7 Å². The number of nitrogens with zero attached hydrogens (tertiary/aromatic N) is 2. The number of para-hydroxylation sites is 1. The fourth-order valence-electron chi connectivity index (χ4n) is 2.65. The van der Waals surface area contributed by atoms with Gasteiger partial charge in [-0.25, -0.2) is 4.90 Å². The second kappa shape index (κ2) is 6.03. The number of amides is 2. The van der Waals surface area contributed by atoms with Crippen molar-refractivity contribution in [3.8, 4) is 0 Å². The molecule has 1 unspecified atom stereocenters. The third kappa shape index (κ3) is 2.52. The van der Waals surface area contributed by atoms with Crippen molar-refractivity contribution in [3.63, 3.8) is 0 Å². The Morgan fingerprint density at radius 2 is 1.71 bits per heavy atom. The molecule has 118 valence electrons. The molecule has 2 aliphatic heterocycles. The van der Waals surface area contributed by atoms with Crippen LogP contribution in [-0.2, 0) is 9.59 Å². The molecule has 0 aromatic heterocycles. The smallest absolute Gasteiger partial charge is 0.272 e. The summed E-state index contributed by atoms with van der Waals surface area (Å²) >= 11 is 4.78. The summed E-state index contributed by atoms with van der Waals surface area (Å²) in [4.78, 5) is 31.7. The van der Waals surface area contributed by atoms with E-state index in [1.165, 1.54) is 16.7 Å². The monoisotopic (exact) mass is 398 g/mol. The van der Waals surface area contributed by atoms with Crippen molar-refractivity contribution >= 4 is 55.8 Å². The van der Waals surface area contributed by atoms with E-state index in [2.05, 4.69) is 20.9 Å². The van der Waals surface area contributed by atoms with E-state index in [1.54, 1.807) is 30.5 Å². The molecular weight excluding hydrogens is 388 g/mol. The first-order chi connectivity index (χ1) is 11.6. The van der Waals surface area contributed by atoms with Crippen LogP contribution < -0.4 is 4.90 Å². The van der Waals surface area contributed by atoms with Crippen LogP contribution in [0.3, 0.4) is 0 Å². The van der Waals surface area contributed by atoms with Crippen molar-refractivity contribution < 1.29 is 9.59 Å². The number of rotatable bonds is 2. The molecule has 4 rings (SSSR count). The highest BCUT2D eigenvalue weighted by Gasteiger charge is 2.47. The van der Waals surface area contributed by atoms with Gasteiger partial charge in [-0.15, -0.1) is 11.8 Å². The molecule has 0 N–H and O–H groups in total. The fourth-order valence-corrected chi connectivity index (χ4v) is 4.04. The summed E-state index contributed by atoms with van der Waals surface area (Å²) in [5.74, 6) is -0.576. The van der Waals surface area contributed by atoms with Crippen molar-refractivity contribution in [1.82, 2.24) is 0 Å². The van der Waals surface area contributed by atoms with E-state index in [1.807, 2.05) is 30.3 Å². The number of hydrogen-bond acceptors (Lipinski definition) is 4. The lowest BCUT2D eigenvalue weighted by Crippen LogP contribution is -2.31. The maximum Gasteiger partial charge on any atom is 0.281 e. The molecule has 0 bridgehead atoms. The third-order valence-electron chi connectivity index (χ3n) is 3.82. The lowest BCUT2D eigenvalue weighted by molar-refractivity contribution is -0.120. The summed E-state index contributed by atoms with van der Waals surface area (Å²) in [7, 11) is 0. The number of hydrogen-bond donors (Lipinski definition) is 0. The van der Waals surface area contributed by atoms with Gasteiger partial charge in [0.2, 0.25) is 0 Å². The molecule has 2 aromatic carbocycles. The normalized spacial score (nSPS) is 19.9. The minimum atomic E-state index is -0.582. The summed E-state index contributed by atoms with van der Waals surface area (Å²) < 4.78 is 0.985. The molecule has 2 aromatic rings. The van der Waals surface area contributed by atoms with Gasteiger partial charge in [0.15, 0.2) is 0 Å². The zero-order valence-corrected chi connectivity index (χ0v) is 14.8. The Balaban J connectivity index is 1.66. The second-order valence-corrected chi connectivity index (χ2v) is 7.39. The fraction of sp³-hybridized carbons (Fsp3) is 0.0556. The predicted octanol–water partition coefficient (Wildman–Crippen LogP) is 3.88. The standard InChI is InChI=1S/C18H11BrN2O2S/c19-12-8-6-11(7-9-12)14-10-20-15-16(24-14)18(23)21(17(15)22)13-4-2-1-3-5-13/h1-10,16H. The lowest BCUT2D eigenvalue weighted by Gasteiger charge is -2.15. The Hall–Kier alpha value is -2.18. The number of benzene rings is 2. The number of imide groups is 1. The molecule has 4 nitrogen and oxygen atoms in total. The molecule has 6 heteroatoms. The number of carbonyl (C=O) groups excluding carboxylic acids is 2. The van der Waals surface area contributed by atoms with Gasteiger partial charge in [-0.1, -0.05) is 46.3 Å². The number of anilines is 1. The van der Waals surface area contributed by atoms with E-state index in [0.717, 1.165) is 14.9 Å². The minimum absolute atomic E-state index is 0.238. The van der Waals surface area contributed by atoms with Crippen LogP contribution in [0.25, 0.3) is 4.91 Å². The van der Waals surface area contributed by atoms with Crippen LogP contribution in [0.1, 0.15) is 5.56 Å². The Morgan fingerprint density at radius 1 is 1.00 bits per heavy atom. The first-order valence-electron chi connectivity index (χ1n) is 7.29. The largest absolute Gasteiger partial charge is 0.281 e. The highest BCUT2D eigenvalue weighted by molar-refractivity contribution is 9.10. The van der Waals surface area contributed by atoms with E-state index in [4.69, 9.17) is 0 Å². The molecule has 1 fully saturated rings. The van der Waals surface area contributed by atoms with Crippen LogP contribution in [0, 0.1) is 0 Å². The summed E-state index contributed by atoms with van der Waals surface area (Å²) in [5, 5.41) is -0.582. The van der Waals surface area contributed by atoms with Gasteiger partial charge in [-0.3, -0.25) is 14.6 Å². The molecule has 1 atom stereocenters. The highest BCUT2D eigenvalue weighted by atomic mass is 79.9. The molecule has 0 aliphatic carbocycles. The first kappa shape index (κ1) is 15.4. The van der Waals surface area contributed by atoms with Gasteiger partial charge >= 0.3 is 0 Å². The highest BCUT2D eigenvalue weighted by Crippen LogP contribution is 2.39. The first-order valence-corrected chi connectivity index (χ1v) is 8.96. The van der Waals surface area contributed by atoms with E-state index < -0.39 is 5.25 Å². The molecule has 0 saturated carbocycles. The average Bonchev–Trinajstić information content (AvgIpc) is 2.87. The molecule has 2 aliphatic rings. The topological polar surface area (TPSA) is 49.7 Å². The summed E-state index contributed by atoms with van der Waals surface area (Å²) in [5.41, 5.74) is 1.86.